The van der Waals surface area contributed by atoms with Crippen LogP contribution in [0.1, 0.15) is 29.3 Å². The van der Waals surface area contributed by atoms with Crippen molar-refractivity contribution in [2.24, 2.45) is 11.1 Å². The van der Waals surface area contributed by atoms with Crippen LogP contribution in [0.15, 0.2) is 24.3 Å². The van der Waals surface area contributed by atoms with Gasteiger partial charge in [-0.2, -0.15) is 0 Å². The lowest BCUT2D eigenvalue weighted by atomic mass is 9.89. The van der Waals surface area contributed by atoms with Crippen molar-refractivity contribution in [1.29, 1.82) is 0 Å². The van der Waals surface area contributed by atoms with E-state index in [9.17, 15) is 9.59 Å². The maximum Gasteiger partial charge on any atom is 0.336 e. The first-order valence-corrected chi connectivity index (χ1v) is 6.26. The quantitative estimate of drug-likeness (QED) is 0.850. The Hall–Kier alpha value is -1.88. The zero-order valence-electron chi connectivity index (χ0n) is 10.9. The van der Waals surface area contributed by atoms with Crippen molar-refractivity contribution in [1.82, 2.24) is 4.90 Å². The zero-order chi connectivity index (χ0) is 14.0. The molecule has 2 rings (SSSR count). The zero-order valence-corrected chi connectivity index (χ0v) is 10.9. The molecule has 0 radical (unpaired) electrons. The number of rotatable bonds is 4. The number of benzene rings is 1. The summed E-state index contributed by atoms with van der Waals surface area (Å²) in [5.41, 5.74) is 5.99. The van der Waals surface area contributed by atoms with Gasteiger partial charge in [0.2, 0.25) is 5.91 Å². The maximum absolute atomic E-state index is 11.4. The molecule has 0 spiro atoms. The third-order valence-corrected chi connectivity index (χ3v) is 3.79. The summed E-state index contributed by atoms with van der Waals surface area (Å²) in [7, 11) is 0. The number of aromatic carboxylic acids is 1. The minimum atomic E-state index is -0.924. The fourth-order valence-corrected chi connectivity index (χ4v) is 2.50. The third kappa shape index (κ3) is 2.76. The molecule has 1 unspecified atom stereocenters. The van der Waals surface area contributed by atoms with Gasteiger partial charge in [0.25, 0.3) is 0 Å². The van der Waals surface area contributed by atoms with E-state index in [0.29, 0.717) is 18.7 Å². The lowest BCUT2D eigenvalue weighted by Crippen LogP contribution is -2.37. The van der Waals surface area contributed by atoms with Gasteiger partial charge in [-0.15, -0.1) is 0 Å². The van der Waals surface area contributed by atoms with Crippen molar-refractivity contribution in [3.63, 3.8) is 0 Å². The van der Waals surface area contributed by atoms with Crippen molar-refractivity contribution in [3.8, 4) is 0 Å². The minimum absolute atomic E-state index is 0.290. The van der Waals surface area contributed by atoms with Gasteiger partial charge in [0.15, 0.2) is 0 Å². The summed E-state index contributed by atoms with van der Waals surface area (Å²) in [5, 5.41) is 9.14. The fraction of sp³-hybridized carbons (Fsp3) is 0.429. The molecule has 1 aromatic carbocycles. The van der Waals surface area contributed by atoms with Crippen LogP contribution < -0.4 is 5.73 Å². The molecule has 19 heavy (non-hydrogen) atoms. The van der Waals surface area contributed by atoms with E-state index in [2.05, 4.69) is 4.90 Å². The first-order valence-electron chi connectivity index (χ1n) is 6.26. The molecule has 1 atom stereocenters. The van der Waals surface area contributed by atoms with E-state index in [1.165, 1.54) is 0 Å². The lowest BCUT2D eigenvalue weighted by molar-refractivity contribution is -0.126. The molecule has 5 nitrogen and oxygen atoms in total. The van der Waals surface area contributed by atoms with Gasteiger partial charge >= 0.3 is 5.97 Å². The Balaban J connectivity index is 2.12. The van der Waals surface area contributed by atoms with E-state index in [-0.39, 0.29) is 5.91 Å². The molecule has 5 heteroatoms. The Kier molecular flexibility index (Phi) is 3.57. The van der Waals surface area contributed by atoms with Gasteiger partial charge in [-0.1, -0.05) is 18.2 Å². The van der Waals surface area contributed by atoms with Crippen molar-refractivity contribution in [3.05, 3.63) is 35.4 Å². The molecule has 1 amide bonds. The van der Waals surface area contributed by atoms with Gasteiger partial charge in [-0.3, -0.25) is 9.69 Å². The molecule has 102 valence electrons. The van der Waals surface area contributed by atoms with E-state index >= 15 is 0 Å². The number of nitrogens with zero attached hydrogens (tertiary/aromatic N) is 1. The lowest BCUT2D eigenvalue weighted by Gasteiger charge is -2.21. The Morgan fingerprint density at radius 2 is 2.11 bits per heavy atom. The molecule has 0 aromatic heterocycles. The second-order valence-electron chi connectivity index (χ2n) is 5.35. The van der Waals surface area contributed by atoms with Gasteiger partial charge in [0.05, 0.1) is 11.0 Å². The van der Waals surface area contributed by atoms with Gasteiger partial charge in [0, 0.05) is 13.1 Å². The van der Waals surface area contributed by atoms with Crippen LogP contribution in [0, 0.1) is 5.41 Å². The monoisotopic (exact) mass is 262 g/mol. The second kappa shape index (κ2) is 5.01. The summed E-state index contributed by atoms with van der Waals surface area (Å²) in [4.78, 5) is 24.6. The number of amides is 1. The first-order chi connectivity index (χ1) is 8.92. The molecule has 1 heterocycles. The first kappa shape index (κ1) is 13.5. The van der Waals surface area contributed by atoms with Gasteiger partial charge in [-0.05, 0) is 31.5 Å². The molecule has 1 aromatic rings. The average molecular weight is 262 g/mol. The smallest absolute Gasteiger partial charge is 0.336 e. The highest BCUT2D eigenvalue weighted by Gasteiger charge is 2.38. The van der Waals surface area contributed by atoms with Crippen molar-refractivity contribution in [2.45, 2.75) is 19.9 Å². The fourth-order valence-electron chi connectivity index (χ4n) is 2.50. The number of hydrogen-bond acceptors (Lipinski definition) is 3. The maximum atomic E-state index is 11.4. The molecule has 1 fully saturated rings. The highest BCUT2D eigenvalue weighted by Crippen LogP contribution is 2.30. The standard InChI is InChI=1S/C14H18N2O3/c1-14(13(15)19)6-7-16(9-14)8-10-4-2-3-5-11(10)12(17)18/h2-5H,6-9H2,1H3,(H2,15,19)(H,17,18). The van der Waals surface area contributed by atoms with Gasteiger partial charge < -0.3 is 10.8 Å². The number of carboxylic acid groups (broad SMARTS) is 1. The summed E-state index contributed by atoms with van der Waals surface area (Å²) < 4.78 is 0. The summed E-state index contributed by atoms with van der Waals surface area (Å²) in [6.07, 6.45) is 0.720. The van der Waals surface area contributed by atoms with E-state index in [1.54, 1.807) is 12.1 Å². The number of hydrogen-bond donors (Lipinski definition) is 2. The number of likely N-dealkylation sites (tertiary alicyclic amines) is 1. The number of carboxylic acids is 1. The van der Waals surface area contributed by atoms with Crippen molar-refractivity contribution in [2.75, 3.05) is 13.1 Å². The normalized spacial score (nSPS) is 23.4. The van der Waals surface area contributed by atoms with Crippen LogP contribution in [0.4, 0.5) is 0 Å². The highest BCUT2D eigenvalue weighted by molar-refractivity contribution is 5.89. The average Bonchev–Trinajstić information content (AvgIpc) is 2.73. The van der Waals surface area contributed by atoms with Crippen molar-refractivity contribution < 1.29 is 14.7 Å². The van der Waals surface area contributed by atoms with E-state index in [1.807, 2.05) is 19.1 Å². The van der Waals surface area contributed by atoms with Crippen LogP contribution in [-0.2, 0) is 11.3 Å². The van der Waals surface area contributed by atoms with E-state index in [4.69, 9.17) is 10.8 Å². The summed E-state index contributed by atoms with van der Waals surface area (Å²) in [5.74, 6) is -1.21. The predicted octanol–water partition coefficient (Wildman–Crippen LogP) is 1.08. The molecular formula is C14H18N2O3. The summed E-state index contributed by atoms with van der Waals surface area (Å²) in [6, 6.07) is 6.94. The van der Waals surface area contributed by atoms with Crippen LogP contribution in [-0.4, -0.2) is 35.0 Å². The molecule has 1 aliphatic rings. The molecule has 3 N–H and O–H groups in total. The van der Waals surface area contributed by atoms with Crippen LogP contribution >= 0.6 is 0 Å². The minimum Gasteiger partial charge on any atom is -0.478 e. The van der Waals surface area contributed by atoms with Crippen LogP contribution in [0.2, 0.25) is 0 Å². The van der Waals surface area contributed by atoms with Crippen LogP contribution in [0.5, 0.6) is 0 Å². The third-order valence-electron chi connectivity index (χ3n) is 3.79. The van der Waals surface area contributed by atoms with E-state index in [0.717, 1.165) is 18.5 Å². The molecule has 0 bridgehead atoms. The number of nitrogens with two attached hydrogens (primary N) is 1. The largest absolute Gasteiger partial charge is 0.478 e. The topological polar surface area (TPSA) is 83.6 Å². The predicted molar refractivity (Wildman–Crippen MR) is 70.6 cm³/mol. The number of carbonyl (C=O) groups is 2. The molecule has 0 saturated carbocycles. The Morgan fingerprint density at radius 3 is 2.68 bits per heavy atom. The van der Waals surface area contributed by atoms with Gasteiger partial charge in [-0.25, -0.2) is 4.79 Å². The van der Waals surface area contributed by atoms with Crippen LogP contribution in [0.3, 0.4) is 0 Å². The summed E-state index contributed by atoms with van der Waals surface area (Å²) >= 11 is 0. The van der Waals surface area contributed by atoms with Gasteiger partial charge in [0.1, 0.15) is 0 Å². The Morgan fingerprint density at radius 1 is 1.42 bits per heavy atom. The highest BCUT2D eigenvalue weighted by atomic mass is 16.4. The molecule has 0 aliphatic carbocycles. The SMILES string of the molecule is CC1(C(N)=O)CCN(Cc2ccccc2C(=O)O)C1. The number of primary amides is 1. The Bertz CT molecular complexity index is 515. The summed E-state index contributed by atoms with van der Waals surface area (Å²) in [6.45, 7) is 3.73. The number of carbonyl (C=O) groups excluding carboxylic acids is 1. The molecule has 1 saturated heterocycles. The Labute approximate surface area is 112 Å². The molecular weight excluding hydrogens is 244 g/mol. The molecule has 1 aliphatic heterocycles. The second-order valence-corrected chi connectivity index (χ2v) is 5.35. The van der Waals surface area contributed by atoms with E-state index < -0.39 is 11.4 Å². The van der Waals surface area contributed by atoms with Crippen LogP contribution in [0.25, 0.3) is 0 Å². The van der Waals surface area contributed by atoms with Crippen molar-refractivity contribution >= 4 is 11.9 Å².